The molecule has 98 valence electrons. The number of fused-ring (bicyclic) bond motifs is 1. The summed E-state index contributed by atoms with van der Waals surface area (Å²) in [6, 6.07) is 5.28. The fourth-order valence-electron chi connectivity index (χ4n) is 1.73. The van der Waals surface area contributed by atoms with E-state index in [1.165, 1.54) is 0 Å². The van der Waals surface area contributed by atoms with Crippen molar-refractivity contribution in [2.24, 2.45) is 0 Å². The maximum absolute atomic E-state index is 12.3. The van der Waals surface area contributed by atoms with Crippen molar-refractivity contribution in [3.8, 4) is 11.5 Å². The van der Waals surface area contributed by atoms with E-state index in [2.05, 4.69) is 31.9 Å². The molecule has 0 bridgehead atoms. The third kappa shape index (κ3) is 2.98. The maximum atomic E-state index is 12.3. The number of carbonyl (C=O) groups is 1. The predicted octanol–water partition coefficient (Wildman–Crippen LogP) is 2.65. The van der Waals surface area contributed by atoms with Crippen molar-refractivity contribution in [1.29, 1.82) is 0 Å². The SMILES string of the molecule is O=C(c1ccc2c(c1)OCO2)N(CCBr)CCBr. The molecular formula is C12H13Br2NO3. The number of hydrogen-bond acceptors (Lipinski definition) is 3. The van der Waals surface area contributed by atoms with E-state index >= 15 is 0 Å². The topological polar surface area (TPSA) is 38.8 Å². The van der Waals surface area contributed by atoms with Crippen LogP contribution in [0.4, 0.5) is 0 Å². The highest BCUT2D eigenvalue weighted by atomic mass is 79.9. The summed E-state index contributed by atoms with van der Waals surface area (Å²) in [6.07, 6.45) is 0. The molecule has 4 nitrogen and oxygen atoms in total. The van der Waals surface area contributed by atoms with Crippen LogP contribution in [-0.4, -0.2) is 41.3 Å². The van der Waals surface area contributed by atoms with Crippen LogP contribution in [0.15, 0.2) is 18.2 Å². The average Bonchev–Trinajstić information content (AvgIpc) is 2.84. The molecule has 0 unspecified atom stereocenters. The second-order valence-corrected chi connectivity index (χ2v) is 5.32. The van der Waals surface area contributed by atoms with Crippen LogP contribution in [0.1, 0.15) is 10.4 Å². The molecule has 0 fully saturated rings. The normalized spacial score (nSPS) is 12.6. The molecule has 1 aromatic rings. The Bertz CT molecular complexity index is 433. The van der Waals surface area contributed by atoms with E-state index in [0.29, 0.717) is 30.2 Å². The molecule has 0 spiro atoms. The maximum Gasteiger partial charge on any atom is 0.254 e. The number of ether oxygens (including phenoxy) is 2. The monoisotopic (exact) mass is 377 g/mol. The highest BCUT2D eigenvalue weighted by Crippen LogP contribution is 2.32. The van der Waals surface area contributed by atoms with Gasteiger partial charge in [-0.1, -0.05) is 31.9 Å². The van der Waals surface area contributed by atoms with Gasteiger partial charge in [-0.05, 0) is 18.2 Å². The molecule has 0 aromatic heterocycles. The lowest BCUT2D eigenvalue weighted by Gasteiger charge is -2.20. The van der Waals surface area contributed by atoms with Crippen LogP contribution in [-0.2, 0) is 0 Å². The van der Waals surface area contributed by atoms with Crippen molar-refractivity contribution in [2.45, 2.75) is 0 Å². The number of carbonyl (C=O) groups excluding carboxylic acids is 1. The Balaban J connectivity index is 2.16. The molecule has 1 aliphatic rings. The third-order valence-corrected chi connectivity index (χ3v) is 3.32. The van der Waals surface area contributed by atoms with E-state index < -0.39 is 0 Å². The Kier molecular flexibility index (Phi) is 4.88. The van der Waals surface area contributed by atoms with Crippen molar-refractivity contribution < 1.29 is 14.3 Å². The van der Waals surface area contributed by atoms with Crippen LogP contribution in [0.3, 0.4) is 0 Å². The molecule has 0 N–H and O–H groups in total. The lowest BCUT2D eigenvalue weighted by molar-refractivity contribution is 0.0776. The Labute approximate surface area is 122 Å². The molecule has 0 atom stereocenters. The second-order valence-electron chi connectivity index (χ2n) is 3.74. The fourth-order valence-corrected chi connectivity index (χ4v) is 2.59. The highest BCUT2D eigenvalue weighted by molar-refractivity contribution is 9.09. The fraction of sp³-hybridized carbons (Fsp3) is 0.417. The zero-order valence-electron chi connectivity index (χ0n) is 9.70. The van der Waals surface area contributed by atoms with Crippen LogP contribution >= 0.6 is 31.9 Å². The molecule has 1 amide bonds. The molecule has 1 aliphatic heterocycles. The number of rotatable bonds is 5. The van der Waals surface area contributed by atoms with Crippen LogP contribution in [0.5, 0.6) is 11.5 Å². The molecule has 1 heterocycles. The zero-order chi connectivity index (χ0) is 13.0. The van der Waals surface area contributed by atoms with Crippen LogP contribution in [0.2, 0.25) is 0 Å². The van der Waals surface area contributed by atoms with E-state index in [4.69, 9.17) is 9.47 Å². The molecule has 0 saturated heterocycles. The minimum Gasteiger partial charge on any atom is -0.454 e. The van der Waals surface area contributed by atoms with Gasteiger partial charge in [0.2, 0.25) is 6.79 Å². The summed E-state index contributed by atoms with van der Waals surface area (Å²) in [7, 11) is 0. The highest BCUT2D eigenvalue weighted by Gasteiger charge is 2.19. The Morgan fingerprint density at radius 1 is 1.17 bits per heavy atom. The van der Waals surface area contributed by atoms with E-state index in [1.54, 1.807) is 23.1 Å². The molecule has 0 radical (unpaired) electrons. The quantitative estimate of drug-likeness (QED) is 0.739. The van der Waals surface area contributed by atoms with Crippen molar-refractivity contribution in [3.63, 3.8) is 0 Å². The van der Waals surface area contributed by atoms with Gasteiger partial charge in [0.25, 0.3) is 5.91 Å². The first kappa shape index (κ1) is 13.7. The first-order chi connectivity index (χ1) is 8.76. The second kappa shape index (κ2) is 6.43. The number of amides is 1. The molecular weight excluding hydrogens is 366 g/mol. The number of benzene rings is 1. The van der Waals surface area contributed by atoms with Gasteiger partial charge in [0.05, 0.1) is 0 Å². The van der Waals surface area contributed by atoms with Crippen molar-refractivity contribution in [1.82, 2.24) is 4.90 Å². The lowest BCUT2D eigenvalue weighted by Crippen LogP contribution is -2.34. The molecule has 6 heteroatoms. The minimum absolute atomic E-state index is 0.00667. The zero-order valence-corrected chi connectivity index (χ0v) is 12.9. The standard InChI is InChI=1S/C12H13Br2NO3/c13-3-5-15(6-4-14)12(16)9-1-2-10-11(7-9)18-8-17-10/h1-2,7H,3-6,8H2. The van der Waals surface area contributed by atoms with E-state index in [-0.39, 0.29) is 12.7 Å². The molecule has 0 aliphatic carbocycles. The van der Waals surface area contributed by atoms with Gasteiger partial charge >= 0.3 is 0 Å². The van der Waals surface area contributed by atoms with Gasteiger partial charge in [-0.3, -0.25) is 4.79 Å². The average molecular weight is 379 g/mol. The van der Waals surface area contributed by atoms with Crippen molar-refractivity contribution in [3.05, 3.63) is 23.8 Å². The molecule has 0 saturated carbocycles. The predicted molar refractivity (Wildman–Crippen MR) is 76.1 cm³/mol. The van der Waals surface area contributed by atoms with Crippen LogP contribution < -0.4 is 9.47 Å². The first-order valence-corrected chi connectivity index (χ1v) is 7.81. The summed E-state index contributed by atoms with van der Waals surface area (Å²) in [5.74, 6) is 1.34. The Morgan fingerprint density at radius 2 is 1.83 bits per heavy atom. The van der Waals surface area contributed by atoms with Crippen molar-refractivity contribution in [2.75, 3.05) is 30.5 Å². The van der Waals surface area contributed by atoms with Gasteiger partial charge in [0, 0.05) is 29.3 Å². The van der Waals surface area contributed by atoms with E-state index in [0.717, 1.165) is 10.7 Å². The smallest absolute Gasteiger partial charge is 0.254 e. The van der Waals surface area contributed by atoms with Gasteiger partial charge in [-0.2, -0.15) is 0 Å². The van der Waals surface area contributed by atoms with Crippen LogP contribution in [0, 0.1) is 0 Å². The number of halogens is 2. The van der Waals surface area contributed by atoms with E-state index in [9.17, 15) is 4.79 Å². The molecule has 1 aromatic carbocycles. The van der Waals surface area contributed by atoms with E-state index in [1.807, 2.05) is 0 Å². The minimum atomic E-state index is 0.00667. The summed E-state index contributed by atoms with van der Waals surface area (Å²) in [6.45, 7) is 1.58. The third-order valence-electron chi connectivity index (χ3n) is 2.62. The number of hydrogen-bond donors (Lipinski definition) is 0. The van der Waals surface area contributed by atoms with Crippen molar-refractivity contribution >= 4 is 37.8 Å². The lowest BCUT2D eigenvalue weighted by atomic mass is 10.1. The van der Waals surface area contributed by atoms with Gasteiger partial charge in [-0.25, -0.2) is 0 Å². The van der Waals surface area contributed by atoms with Gasteiger partial charge in [0.15, 0.2) is 11.5 Å². The largest absolute Gasteiger partial charge is 0.454 e. The summed E-state index contributed by atoms with van der Waals surface area (Å²) in [5, 5.41) is 1.52. The van der Waals surface area contributed by atoms with Gasteiger partial charge in [-0.15, -0.1) is 0 Å². The summed E-state index contributed by atoms with van der Waals surface area (Å²) in [4.78, 5) is 14.1. The molecule has 18 heavy (non-hydrogen) atoms. The van der Waals surface area contributed by atoms with Gasteiger partial charge in [0.1, 0.15) is 0 Å². The Hall–Kier alpha value is -0.750. The summed E-state index contributed by atoms with van der Waals surface area (Å²) in [5.41, 5.74) is 0.626. The van der Waals surface area contributed by atoms with Gasteiger partial charge < -0.3 is 14.4 Å². The summed E-state index contributed by atoms with van der Waals surface area (Å²) >= 11 is 6.71. The Morgan fingerprint density at radius 3 is 2.50 bits per heavy atom. The first-order valence-electron chi connectivity index (χ1n) is 5.57. The number of nitrogens with zero attached hydrogens (tertiary/aromatic N) is 1. The number of alkyl halides is 2. The van der Waals surface area contributed by atoms with Crippen LogP contribution in [0.25, 0.3) is 0 Å². The summed E-state index contributed by atoms with van der Waals surface area (Å²) < 4.78 is 10.5. The molecule has 2 rings (SSSR count).